The summed E-state index contributed by atoms with van der Waals surface area (Å²) in [6.07, 6.45) is 2.96. The number of hydrogen-bond donors (Lipinski definition) is 2. The van der Waals surface area contributed by atoms with Gasteiger partial charge in [-0.05, 0) is 48.7 Å². The second-order valence-corrected chi connectivity index (χ2v) is 8.77. The van der Waals surface area contributed by atoms with Gasteiger partial charge in [0.2, 0.25) is 5.91 Å². The van der Waals surface area contributed by atoms with Gasteiger partial charge in [-0.3, -0.25) is 14.3 Å². The Hall–Kier alpha value is -3.13. The normalized spacial score (nSPS) is 15.2. The van der Waals surface area contributed by atoms with E-state index in [9.17, 15) is 18.0 Å². The van der Waals surface area contributed by atoms with Crippen LogP contribution in [0.3, 0.4) is 0 Å². The van der Waals surface area contributed by atoms with Crippen molar-refractivity contribution in [2.24, 2.45) is 0 Å². The Labute approximate surface area is 176 Å². The van der Waals surface area contributed by atoms with Crippen LogP contribution in [-0.4, -0.2) is 44.3 Å². The van der Waals surface area contributed by atoms with Crippen molar-refractivity contribution >= 4 is 33.6 Å². The molecule has 1 saturated heterocycles. The highest BCUT2D eigenvalue weighted by Crippen LogP contribution is 2.17. The first kappa shape index (κ1) is 21.6. The van der Waals surface area contributed by atoms with Crippen molar-refractivity contribution in [3.63, 3.8) is 0 Å². The number of nitrogens with zero attached hydrogens (tertiary/aromatic N) is 1. The highest BCUT2D eigenvalue weighted by molar-refractivity contribution is 7.95. The third kappa shape index (κ3) is 6.18. The lowest BCUT2D eigenvalue weighted by molar-refractivity contribution is -0.119. The number of anilines is 1. The summed E-state index contributed by atoms with van der Waals surface area (Å²) in [7, 11) is -3.66. The fourth-order valence-corrected chi connectivity index (χ4v) is 4.18. The highest BCUT2D eigenvalue weighted by Gasteiger charge is 2.24. The van der Waals surface area contributed by atoms with Crippen molar-refractivity contribution in [1.82, 2.24) is 10.2 Å². The maximum atomic E-state index is 12.7. The van der Waals surface area contributed by atoms with Crippen LogP contribution in [0.2, 0.25) is 0 Å². The van der Waals surface area contributed by atoms with E-state index in [2.05, 4.69) is 10.0 Å². The number of piperidine rings is 1. The third-order valence-corrected chi connectivity index (χ3v) is 5.84. The number of hydrogen-bond acceptors (Lipinski definition) is 4. The number of rotatable bonds is 6. The minimum Gasteiger partial charge on any atom is -0.353 e. The van der Waals surface area contributed by atoms with Gasteiger partial charge in [0, 0.05) is 37.3 Å². The average molecular weight is 428 g/mol. The fourth-order valence-electron chi connectivity index (χ4n) is 3.31. The van der Waals surface area contributed by atoms with Crippen molar-refractivity contribution in [3.05, 3.63) is 71.1 Å². The van der Waals surface area contributed by atoms with Crippen molar-refractivity contribution < 1.29 is 18.0 Å². The van der Waals surface area contributed by atoms with Gasteiger partial charge >= 0.3 is 0 Å². The quantitative estimate of drug-likeness (QED) is 0.741. The Balaban J connectivity index is 1.57. The molecule has 1 fully saturated rings. The Morgan fingerprint density at radius 1 is 1.00 bits per heavy atom. The zero-order chi connectivity index (χ0) is 21.6. The Bertz CT molecular complexity index is 1010. The largest absolute Gasteiger partial charge is 0.353 e. The van der Waals surface area contributed by atoms with Gasteiger partial charge in [-0.25, -0.2) is 8.42 Å². The van der Waals surface area contributed by atoms with Crippen LogP contribution < -0.4 is 10.0 Å². The first-order chi connectivity index (χ1) is 14.3. The Morgan fingerprint density at radius 3 is 2.23 bits per heavy atom. The van der Waals surface area contributed by atoms with Crippen molar-refractivity contribution in [2.45, 2.75) is 25.8 Å². The molecule has 3 rings (SSSR count). The first-order valence-corrected chi connectivity index (χ1v) is 11.3. The molecule has 2 aromatic carbocycles. The summed E-state index contributed by atoms with van der Waals surface area (Å²) in [5.74, 6) is -0.161. The molecule has 2 aromatic rings. The monoisotopic (exact) mass is 427 g/mol. The highest BCUT2D eigenvalue weighted by atomic mass is 32.2. The van der Waals surface area contributed by atoms with E-state index in [0.29, 0.717) is 24.3 Å². The van der Waals surface area contributed by atoms with Crippen LogP contribution >= 0.6 is 0 Å². The van der Waals surface area contributed by atoms with Gasteiger partial charge in [0.15, 0.2) is 0 Å². The van der Waals surface area contributed by atoms with Gasteiger partial charge in [-0.15, -0.1) is 0 Å². The molecule has 7 nitrogen and oxygen atoms in total. The predicted molar refractivity (Wildman–Crippen MR) is 117 cm³/mol. The molecule has 2 amide bonds. The zero-order valence-corrected chi connectivity index (χ0v) is 17.6. The smallest absolute Gasteiger partial charge is 0.255 e. The number of carbonyl (C=O) groups is 2. The van der Waals surface area contributed by atoms with Crippen LogP contribution in [0, 0.1) is 0 Å². The molecule has 30 heavy (non-hydrogen) atoms. The number of sulfonamides is 1. The molecule has 1 heterocycles. The lowest BCUT2D eigenvalue weighted by Gasteiger charge is -2.32. The van der Waals surface area contributed by atoms with Gasteiger partial charge in [0.1, 0.15) is 0 Å². The predicted octanol–water partition coefficient (Wildman–Crippen LogP) is 2.84. The molecule has 0 saturated carbocycles. The zero-order valence-electron chi connectivity index (χ0n) is 16.7. The maximum Gasteiger partial charge on any atom is 0.255 e. The lowest BCUT2D eigenvalue weighted by Crippen LogP contribution is -2.46. The Kier molecular flexibility index (Phi) is 6.89. The van der Waals surface area contributed by atoms with Crippen LogP contribution in [0.4, 0.5) is 5.69 Å². The van der Waals surface area contributed by atoms with E-state index in [1.165, 1.54) is 13.0 Å². The minimum atomic E-state index is -3.66. The van der Waals surface area contributed by atoms with Gasteiger partial charge in [-0.2, -0.15) is 0 Å². The molecule has 0 unspecified atom stereocenters. The number of carbonyl (C=O) groups excluding carboxylic acids is 2. The molecule has 0 radical (unpaired) electrons. The summed E-state index contributed by atoms with van der Waals surface area (Å²) in [6.45, 7) is 2.63. The molecular formula is C22H25N3O4S. The van der Waals surface area contributed by atoms with Gasteiger partial charge < -0.3 is 10.2 Å². The van der Waals surface area contributed by atoms with Crippen LogP contribution in [-0.2, 0) is 14.8 Å². The number of likely N-dealkylation sites (tertiary alicyclic amines) is 1. The van der Waals surface area contributed by atoms with Gasteiger partial charge in [0.05, 0.1) is 5.41 Å². The maximum absolute atomic E-state index is 12.7. The molecule has 0 aromatic heterocycles. The van der Waals surface area contributed by atoms with Crippen molar-refractivity contribution in [1.29, 1.82) is 0 Å². The second-order valence-electron chi connectivity index (χ2n) is 7.20. The van der Waals surface area contributed by atoms with Crippen LogP contribution in [0.15, 0.2) is 60.0 Å². The van der Waals surface area contributed by atoms with E-state index in [-0.39, 0.29) is 17.9 Å². The van der Waals surface area contributed by atoms with Gasteiger partial charge in [0.25, 0.3) is 15.9 Å². The Morgan fingerprint density at radius 2 is 1.63 bits per heavy atom. The molecule has 0 atom stereocenters. The van der Waals surface area contributed by atoms with Crippen molar-refractivity contribution in [3.8, 4) is 0 Å². The molecule has 8 heteroatoms. The average Bonchev–Trinajstić information content (AvgIpc) is 2.73. The molecule has 1 aliphatic heterocycles. The van der Waals surface area contributed by atoms with E-state index in [0.717, 1.165) is 23.8 Å². The molecule has 1 aliphatic rings. The third-order valence-electron chi connectivity index (χ3n) is 4.82. The van der Waals surface area contributed by atoms with Crippen LogP contribution in [0.25, 0.3) is 6.08 Å². The summed E-state index contributed by atoms with van der Waals surface area (Å²) in [4.78, 5) is 25.6. The summed E-state index contributed by atoms with van der Waals surface area (Å²) in [6, 6.07) is 15.6. The van der Waals surface area contributed by atoms with E-state index < -0.39 is 10.0 Å². The second kappa shape index (κ2) is 9.58. The molecule has 158 valence electrons. The van der Waals surface area contributed by atoms with Crippen molar-refractivity contribution in [2.75, 3.05) is 17.8 Å². The lowest BCUT2D eigenvalue weighted by atomic mass is 10.0. The SMILES string of the molecule is CC(=O)NC1CCN(C(=O)c2ccc(NS(=O)(=O)/C=C/c3ccccc3)cc2)CC1. The molecule has 0 spiro atoms. The van der Waals surface area contributed by atoms with E-state index >= 15 is 0 Å². The standard InChI is InChI=1S/C22H25N3O4S/c1-17(26)23-20-11-14-25(15-12-20)22(27)19-7-9-21(10-8-19)24-30(28,29)16-13-18-5-3-2-4-6-18/h2-10,13,16,20,24H,11-12,14-15H2,1H3,(H,23,26)/b16-13+. The topological polar surface area (TPSA) is 95.6 Å². The van der Waals surface area contributed by atoms with E-state index in [1.54, 1.807) is 29.2 Å². The summed E-state index contributed by atoms with van der Waals surface area (Å²) >= 11 is 0. The van der Waals surface area contributed by atoms with Crippen LogP contribution in [0.1, 0.15) is 35.7 Å². The van der Waals surface area contributed by atoms with E-state index in [1.807, 2.05) is 30.3 Å². The fraction of sp³-hybridized carbons (Fsp3) is 0.273. The summed E-state index contributed by atoms with van der Waals surface area (Å²) < 4.78 is 27.0. The van der Waals surface area contributed by atoms with Gasteiger partial charge in [-0.1, -0.05) is 30.3 Å². The first-order valence-electron chi connectivity index (χ1n) is 9.75. The number of benzene rings is 2. The summed E-state index contributed by atoms with van der Waals surface area (Å²) in [5.41, 5.74) is 1.66. The molecule has 0 aliphatic carbocycles. The molecule has 2 N–H and O–H groups in total. The van der Waals surface area contributed by atoms with Crippen LogP contribution in [0.5, 0.6) is 0 Å². The molecular weight excluding hydrogens is 402 g/mol. The summed E-state index contributed by atoms with van der Waals surface area (Å²) in [5, 5.41) is 3.99. The van der Waals surface area contributed by atoms with E-state index in [4.69, 9.17) is 0 Å². The molecule has 0 bridgehead atoms. The minimum absolute atomic E-state index is 0.0589. The number of amides is 2. The number of nitrogens with one attached hydrogen (secondary N) is 2.